The summed E-state index contributed by atoms with van der Waals surface area (Å²) in [4.78, 5) is 24.4. The van der Waals surface area contributed by atoms with Crippen LogP contribution < -0.4 is 5.32 Å². The summed E-state index contributed by atoms with van der Waals surface area (Å²) in [5, 5.41) is 23.1. The highest BCUT2D eigenvalue weighted by Gasteiger charge is 2.20. The molecule has 0 aliphatic heterocycles. The molecule has 0 aromatic carbocycles. The van der Waals surface area contributed by atoms with Crippen LogP contribution in [-0.4, -0.2) is 47.4 Å². The molecule has 0 spiro atoms. The summed E-state index contributed by atoms with van der Waals surface area (Å²) in [5.74, 6) is -0.0284. The third-order valence-electron chi connectivity index (χ3n) is 13.3. The highest BCUT2D eigenvalue weighted by atomic mass is 16.5. The number of carbonyl (C=O) groups is 2. The maximum atomic E-state index is 12.4. The molecule has 0 saturated heterocycles. The number of allylic oxidation sites excluding steroid dienone is 2. The fourth-order valence-electron chi connectivity index (χ4n) is 8.93. The van der Waals surface area contributed by atoms with Crippen molar-refractivity contribution in [3.8, 4) is 0 Å². The molecule has 0 aliphatic rings. The summed E-state index contributed by atoms with van der Waals surface area (Å²) < 4.78 is 5.46. The van der Waals surface area contributed by atoms with Gasteiger partial charge in [-0.2, -0.15) is 0 Å². The minimum atomic E-state index is -0.659. The zero-order chi connectivity index (χ0) is 45.8. The van der Waals surface area contributed by atoms with Crippen molar-refractivity contribution in [2.24, 2.45) is 0 Å². The number of ether oxygens (including phenoxy) is 1. The first-order valence-corrected chi connectivity index (χ1v) is 28.4. The average molecular weight is 891 g/mol. The number of unbranched alkanes of at least 4 members (excludes halogenated alkanes) is 40. The first kappa shape index (κ1) is 61.6. The molecule has 0 aromatic heterocycles. The van der Waals surface area contributed by atoms with Crippen molar-refractivity contribution in [3.63, 3.8) is 0 Å². The molecule has 0 radical (unpaired) electrons. The van der Waals surface area contributed by atoms with Gasteiger partial charge in [0.05, 0.1) is 25.4 Å². The molecule has 63 heavy (non-hydrogen) atoms. The highest BCUT2D eigenvalue weighted by Crippen LogP contribution is 2.17. The van der Waals surface area contributed by atoms with E-state index >= 15 is 0 Å². The molecule has 6 heteroatoms. The lowest BCUT2D eigenvalue weighted by molar-refractivity contribution is -0.143. The Labute approximate surface area is 393 Å². The van der Waals surface area contributed by atoms with Crippen LogP contribution in [0, 0.1) is 0 Å². The first-order chi connectivity index (χ1) is 31.0. The van der Waals surface area contributed by atoms with E-state index in [1.165, 1.54) is 238 Å². The molecule has 0 fully saturated rings. The largest absolute Gasteiger partial charge is 0.466 e. The lowest BCUT2D eigenvalue weighted by Crippen LogP contribution is -2.45. The zero-order valence-electron chi connectivity index (χ0n) is 42.6. The number of esters is 1. The molecule has 374 valence electrons. The lowest BCUT2D eigenvalue weighted by Gasteiger charge is -2.22. The van der Waals surface area contributed by atoms with Gasteiger partial charge in [-0.05, 0) is 51.4 Å². The van der Waals surface area contributed by atoms with Crippen molar-refractivity contribution < 1.29 is 24.5 Å². The van der Waals surface area contributed by atoms with Crippen LogP contribution in [0.1, 0.15) is 316 Å². The van der Waals surface area contributed by atoms with Crippen molar-refractivity contribution in [3.05, 3.63) is 12.2 Å². The number of aliphatic hydroxyl groups excluding tert-OH is 2. The van der Waals surface area contributed by atoms with E-state index < -0.39 is 12.1 Å². The smallest absolute Gasteiger partial charge is 0.305 e. The lowest BCUT2D eigenvalue weighted by atomic mass is 10.0. The van der Waals surface area contributed by atoms with E-state index in [0.717, 1.165) is 44.9 Å². The second-order valence-corrected chi connectivity index (χ2v) is 19.6. The van der Waals surface area contributed by atoms with Gasteiger partial charge in [0, 0.05) is 12.8 Å². The Morgan fingerprint density at radius 1 is 0.429 bits per heavy atom. The molecule has 0 saturated carbocycles. The van der Waals surface area contributed by atoms with E-state index in [1.54, 1.807) is 0 Å². The third kappa shape index (κ3) is 49.9. The van der Waals surface area contributed by atoms with Gasteiger partial charge in [-0.1, -0.05) is 264 Å². The number of hydrogen-bond acceptors (Lipinski definition) is 5. The van der Waals surface area contributed by atoms with Crippen molar-refractivity contribution in [1.29, 1.82) is 0 Å². The van der Waals surface area contributed by atoms with E-state index in [2.05, 4.69) is 31.3 Å². The minimum absolute atomic E-state index is 0.00636. The molecule has 0 rings (SSSR count). The van der Waals surface area contributed by atoms with E-state index in [-0.39, 0.29) is 18.5 Å². The van der Waals surface area contributed by atoms with Gasteiger partial charge in [-0.3, -0.25) is 9.59 Å². The predicted molar refractivity (Wildman–Crippen MR) is 273 cm³/mol. The van der Waals surface area contributed by atoms with Crippen LogP contribution in [0.3, 0.4) is 0 Å². The summed E-state index contributed by atoms with van der Waals surface area (Å²) in [6.45, 7) is 4.92. The fourth-order valence-corrected chi connectivity index (χ4v) is 8.93. The molecule has 0 aromatic rings. The van der Waals surface area contributed by atoms with Crippen LogP contribution in [0.5, 0.6) is 0 Å². The monoisotopic (exact) mass is 890 g/mol. The Balaban J connectivity index is 3.32. The summed E-state index contributed by atoms with van der Waals surface area (Å²) >= 11 is 0. The normalized spacial score (nSPS) is 12.6. The van der Waals surface area contributed by atoms with E-state index in [1.807, 2.05) is 0 Å². The topological polar surface area (TPSA) is 95.9 Å². The standard InChI is InChI=1S/C57H111NO5/c1-3-5-7-9-11-13-14-31-35-39-43-47-51-57(62)63-52-48-44-40-36-32-29-27-25-23-21-19-17-15-16-18-20-22-24-26-28-30-34-38-42-46-50-56(61)58-54(53-59)55(60)49-45-41-37-33-12-10-8-6-4-2/h11,13,54-55,59-60H,3-10,12,14-53H2,1-2H3,(H,58,61)/b13-11-. The molecule has 6 nitrogen and oxygen atoms in total. The van der Waals surface area contributed by atoms with E-state index in [9.17, 15) is 19.8 Å². The molecule has 2 unspecified atom stereocenters. The van der Waals surface area contributed by atoms with Crippen molar-refractivity contribution in [1.82, 2.24) is 5.32 Å². The van der Waals surface area contributed by atoms with Gasteiger partial charge < -0.3 is 20.3 Å². The SMILES string of the molecule is CCCCC/C=C\CCCCCCCC(=O)OCCCCCCCCCCCCCCCCCCCCCCCCCCCC(=O)NC(CO)C(O)CCCCCCCCCCC. The van der Waals surface area contributed by atoms with Gasteiger partial charge in [0.2, 0.25) is 5.91 Å². The Morgan fingerprint density at radius 2 is 0.746 bits per heavy atom. The Morgan fingerprint density at radius 3 is 1.16 bits per heavy atom. The van der Waals surface area contributed by atoms with E-state index in [4.69, 9.17) is 4.74 Å². The number of aliphatic hydroxyl groups is 2. The van der Waals surface area contributed by atoms with Crippen LogP contribution >= 0.6 is 0 Å². The molecule has 0 bridgehead atoms. The predicted octanol–water partition coefficient (Wildman–Crippen LogP) is 17.3. The highest BCUT2D eigenvalue weighted by molar-refractivity contribution is 5.76. The molecule has 2 atom stereocenters. The summed E-state index contributed by atoms with van der Waals surface area (Å²) in [5.41, 5.74) is 0. The van der Waals surface area contributed by atoms with Crippen LogP contribution in [0.15, 0.2) is 12.2 Å². The first-order valence-electron chi connectivity index (χ1n) is 28.4. The van der Waals surface area contributed by atoms with Crippen LogP contribution in [0.25, 0.3) is 0 Å². The second-order valence-electron chi connectivity index (χ2n) is 19.6. The van der Waals surface area contributed by atoms with Crippen molar-refractivity contribution in [2.45, 2.75) is 328 Å². The van der Waals surface area contributed by atoms with E-state index in [0.29, 0.717) is 25.9 Å². The molecule has 1 amide bonds. The van der Waals surface area contributed by atoms with Crippen molar-refractivity contribution >= 4 is 11.9 Å². The number of carbonyl (C=O) groups excluding carboxylic acids is 2. The maximum absolute atomic E-state index is 12.4. The summed E-state index contributed by atoms with van der Waals surface area (Å²) in [6, 6.07) is -0.537. The Kier molecular flexibility index (Phi) is 52.0. The van der Waals surface area contributed by atoms with Gasteiger partial charge >= 0.3 is 5.97 Å². The minimum Gasteiger partial charge on any atom is -0.466 e. The quantitative estimate of drug-likeness (QED) is 0.0321. The third-order valence-corrected chi connectivity index (χ3v) is 13.3. The van der Waals surface area contributed by atoms with Crippen LogP contribution in [0.2, 0.25) is 0 Å². The molecule has 0 aliphatic carbocycles. The van der Waals surface area contributed by atoms with Gasteiger partial charge in [-0.15, -0.1) is 0 Å². The molecule has 3 N–H and O–H groups in total. The molecular weight excluding hydrogens is 779 g/mol. The second kappa shape index (κ2) is 53.2. The maximum Gasteiger partial charge on any atom is 0.305 e. The molecule has 0 heterocycles. The Hall–Kier alpha value is -1.40. The number of rotatable bonds is 53. The zero-order valence-corrected chi connectivity index (χ0v) is 42.6. The summed E-state index contributed by atoms with van der Waals surface area (Å²) in [6.07, 6.45) is 62.2. The van der Waals surface area contributed by atoms with Gasteiger partial charge in [0.15, 0.2) is 0 Å². The van der Waals surface area contributed by atoms with Crippen LogP contribution in [-0.2, 0) is 14.3 Å². The van der Waals surface area contributed by atoms with Gasteiger partial charge in [-0.25, -0.2) is 0 Å². The summed E-state index contributed by atoms with van der Waals surface area (Å²) in [7, 11) is 0. The van der Waals surface area contributed by atoms with Gasteiger partial charge in [0.1, 0.15) is 0 Å². The molecular formula is C57H111NO5. The average Bonchev–Trinajstić information content (AvgIpc) is 3.28. The number of hydrogen-bond donors (Lipinski definition) is 3. The van der Waals surface area contributed by atoms with Crippen LogP contribution in [0.4, 0.5) is 0 Å². The Bertz CT molecular complexity index is 939. The number of amides is 1. The fraction of sp³-hybridized carbons (Fsp3) is 0.930. The van der Waals surface area contributed by atoms with Crippen molar-refractivity contribution in [2.75, 3.05) is 13.2 Å². The van der Waals surface area contributed by atoms with Gasteiger partial charge in [0.25, 0.3) is 0 Å². The number of nitrogens with one attached hydrogen (secondary N) is 1.